The van der Waals surface area contributed by atoms with E-state index >= 15 is 0 Å². The Bertz CT molecular complexity index is 860. The topological polar surface area (TPSA) is 74.1 Å². The Morgan fingerprint density at radius 2 is 1.96 bits per heavy atom. The highest BCUT2D eigenvalue weighted by atomic mass is 16.5. The van der Waals surface area contributed by atoms with Gasteiger partial charge in [0, 0.05) is 29.4 Å². The van der Waals surface area contributed by atoms with Gasteiger partial charge >= 0.3 is 0 Å². The van der Waals surface area contributed by atoms with Crippen molar-refractivity contribution in [1.82, 2.24) is 9.72 Å². The highest BCUT2D eigenvalue weighted by Crippen LogP contribution is 2.26. The van der Waals surface area contributed by atoms with Crippen molar-refractivity contribution in [2.45, 2.75) is 26.9 Å². The van der Waals surface area contributed by atoms with Crippen LogP contribution in [-0.4, -0.2) is 9.72 Å². The minimum absolute atomic E-state index is 0.0631. The maximum Gasteiger partial charge on any atom is 0.255 e. The van der Waals surface area contributed by atoms with Gasteiger partial charge in [0.2, 0.25) is 0 Å². The fourth-order valence-electron chi connectivity index (χ4n) is 2.77. The third-order valence-corrected chi connectivity index (χ3v) is 3.90. The summed E-state index contributed by atoms with van der Waals surface area (Å²) in [6.45, 7) is 4.46. The number of nitrogens with two attached hydrogens (primary N) is 1. The third-order valence-electron chi connectivity index (χ3n) is 3.90. The molecule has 2 heterocycles. The molecule has 0 bridgehead atoms. The molecule has 2 N–H and O–H groups in total. The van der Waals surface area contributed by atoms with Crippen molar-refractivity contribution in [3.63, 3.8) is 0 Å². The van der Waals surface area contributed by atoms with Gasteiger partial charge in [0.25, 0.3) is 5.56 Å². The molecule has 0 aliphatic carbocycles. The van der Waals surface area contributed by atoms with E-state index in [1.165, 1.54) is 0 Å². The molecule has 0 aliphatic heterocycles. The Kier molecular flexibility index (Phi) is 4.12. The molecular weight excluding hydrogens is 290 g/mol. The van der Waals surface area contributed by atoms with Crippen LogP contribution in [0.2, 0.25) is 0 Å². The largest absolute Gasteiger partial charge is 0.361 e. The summed E-state index contributed by atoms with van der Waals surface area (Å²) >= 11 is 0. The first-order chi connectivity index (χ1) is 11.1. The van der Waals surface area contributed by atoms with Crippen LogP contribution in [0, 0.1) is 13.8 Å². The molecule has 3 rings (SSSR count). The van der Waals surface area contributed by atoms with Crippen LogP contribution in [0.15, 0.2) is 51.9 Å². The van der Waals surface area contributed by atoms with Crippen molar-refractivity contribution < 1.29 is 4.52 Å². The van der Waals surface area contributed by atoms with Crippen LogP contribution in [0.5, 0.6) is 0 Å². The van der Waals surface area contributed by atoms with E-state index in [4.69, 9.17) is 10.3 Å². The van der Waals surface area contributed by atoms with Gasteiger partial charge in [-0.2, -0.15) is 0 Å². The maximum atomic E-state index is 12.5. The molecule has 2 aromatic heterocycles. The van der Waals surface area contributed by atoms with Crippen LogP contribution in [0.4, 0.5) is 0 Å². The third kappa shape index (κ3) is 2.96. The van der Waals surface area contributed by atoms with Crippen molar-refractivity contribution in [2.75, 3.05) is 0 Å². The number of hydrogen-bond donors (Lipinski definition) is 1. The zero-order valence-electron chi connectivity index (χ0n) is 13.2. The molecule has 1 aromatic carbocycles. The summed E-state index contributed by atoms with van der Waals surface area (Å²) in [5.74, 6) is 0.732. The Morgan fingerprint density at radius 1 is 1.22 bits per heavy atom. The van der Waals surface area contributed by atoms with Gasteiger partial charge in [0.05, 0.1) is 12.2 Å². The fraction of sp³-hybridized carbons (Fsp3) is 0.222. The van der Waals surface area contributed by atoms with Crippen LogP contribution < -0.4 is 11.3 Å². The average molecular weight is 309 g/mol. The molecule has 0 aliphatic rings. The molecule has 0 radical (unpaired) electrons. The number of hydrogen-bond acceptors (Lipinski definition) is 4. The van der Waals surface area contributed by atoms with Crippen LogP contribution in [0.25, 0.3) is 11.1 Å². The summed E-state index contributed by atoms with van der Waals surface area (Å²) in [6.07, 6.45) is 1.85. The van der Waals surface area contributed by atoms with Gasteiger partial charge in [-0.05, 0) is 25.5 Å². The van der Waals surface area contributed by atoms with Crippen molar-refractivity contribution in [1.29, 1.82) is 0 Å². The van der Waals surface area contributed by atoms with E-state index in [1.807, 2.05) is 56.4 Å². The lowest BCUT2D eigenvalue weighted by atomic mass is 10.0. The molecule has 0 atom stereocenters. The molecule has 0 amide bonds. The van der Waals surface area contributed by atoms with Crippen molar-refractivity contribution >= 4 is 0 Å². The highest BCUT2D eigenvalue weighted by molar-refractivity contribution is 5.67. The van der Waals surface area contributed by atoms with Crippen molar-refractivity contribution in [2.24, 2.45) is 5.73 Å². The first-order valence-corrected chi connectivity index (χ1v) is 7.50. The predicted molar refractivity (Wildman–Crippen MR) is 89.1 cm³/mol. The second-order valence-corrected chi connectivity index (χ2v) is 5.58. The second-order valence-electron chi connectivity index (χ2n) is 5.58. The first kappa shape index (κ1) is 15.2. The molecule has 0 saturated heterocycles. The van der Waals surface area contributed by atoms with Gasteiger partial charge in [-0.1, -0.05) is 35.5 Å². The van der Waals surface area contributed by atoms with Gasteiger partial charge in [0.1, 0.15) is 5.76 Å². The van der Waals surface area contributed by atoms with Gasteiger partial charge in [-0.15, -0.1) is 0 Å². The van der Waals surface area contributed by atoms with Gasteiger partial charge in [0.15, 0.2) is 0 Å². The van der Waals surface area contributed by atoms with E-state index < -0.39 is 0 Å². The number of rotatable bonds is 4. The summed E-state index contributed by atoms with van der Waals surface area (Å²) in [6, 6.07) is 11.7. The SMILES string of the molecule is Cc1noc(C)c1-c1cc(CN)c(=O)n(Cc2ccccc2)c1. The summed E-state index contributed by atoms with van der Waals surface area (Å²) in [5, 5.41) is 3.99. The zero-order valence-corrected chi connectivity index (χ0v) is 13.2. The van der Waals surface area contributed by atoms with Gasteiger partial charge in [-0.25, -0.2) is 0 Å². The molecule has 118 valence electrons. The van der Waals surface area contributed by atoms with Gasteiger partial charge < -0.3 is 14.8 Å². The normalized spacial score (nSPS) is 10.9. The molecule has 5 heteroatoms. The standard InChI is InChI=1S/C18H19N3O2/c1-12-17(13(2)23-20-12)16-8-15(9-19)18(22)21(11-16)10-14-6-4-3-5-7-14/h3-8,11H,9-10,19H2,1-2H3. The van der Waals surface area contributed by atoms with E-state index in [1.54, 1.807) is 4.57 Å². The summed E-state index contributed by atoms with van der Waals surface area (Å²) < 4.78 is 6.94. The molecule has 23 heavy (non-hydrogen) atoms. The molecular formula is C18H19N3O2. The summed E-state index contributed by atoms with van der Waals surface area (Å²) in [4.78, 5) is 12.5. The van der Waals surface area contributed by atoms with Crippen LogP contribution in [0.1, 0.15) is 22.6 Å². The van der Waals surface area contributed by atoms with E-state index in [-0.39, 0.29) is 12.1 Å². The Balaban J connectivity index is 2.13. The van der Waals surface area contributed by atoms with E-state index in [2.05, 4.69) is 5.16 Å². The minimum atomic E-state index is -0.0631. The number of pyridine rings is 1. The van der Waals surface area contributed by atoms with E-state index in [0.29, 0.717) is 12.1 Å². The Hall–Kier alpha value is -2.66. The Labute approximate surface area is 134 Å². The first-order valence-electron chi connectivity index (χ1n) is 7.50. The second kappa shape index (κ2) is 6.22. The maximum absolute atomic E-state index is 12.5. The molecule has 0 spiro atoms. The zero-order chi connectivity index (χ0) is 16.4. The van der Waals surface area contributed by atoms with E-state index in [0.717, 1.165) is 28.1 Å². The Morgan fingerprint density at radius 3 is 2.57 bits per heavy atom. The number of aromatic nitrogens is 2. The minimum Gasteiger partial charge on any atom is -0.361 e. The quantitative estimate of drug-likeness (QED) is 0.804. The molecule has 0 unspecified atom stereocenters. The molecule has 5 nitrogen and oxygen atoms in total. The number of nitrogens with zero attached hydrogens (tertiary/aromatic N) is 2. The van der Waals surface area contributed by atoms with Crippen LogP contribution >= 0.6 is 0 Å². The van der Waals surface area contributed by atoms with Crippen LogP contribution in [0.3, 0.4) is 0 Å². The predicted octanol–water partition coefficient (Wildman–Crippen LogP) is 2.63. The van der Waals surface area contributed by atoms with Crippen molar-refractivity contribution in [3.05, 3.63) is 75.5 Å². The summed E-state index contributed by atoms with van der Waals surface area (Å²) in [7, 11) is 0. The lowest BCUT2D eigenvalue weighted by Gasteiger charge is -2.11. The number of aryl methyl sites for hydroxylation is 2. The fourth-order valence-corrected chi connectivity index (χ4v) is 2.77. The van der Waals surface area contributed by atoms with Crippen LogP contribution in [-0.2, 0) is 13.1 Å². The highest BCUT2D eigenvalue weighted by Gasteiger charge is 2.15. The smallest absolute Gasteiger partial charge is 0.255 e. The molecule has 3 aromatic rings. The molecule has 0 saturated carbocycles. The summed E-state index contributed by atoms with van der Waals surface area (Å²) in [5.41, 5.74) is 9.96. The monoisotopic (exact) mass is 309 g/mol. The number of benzene rings is 1. The lowest BCUT2D eigenvalue weighted by Crippen LogP contribution is -2.25. The lowest BCUT2D eigenvalue weighted by molar-refractivity contribution is 0.393. The van der Waals surface area contributed by atoms with E-state index in [9.17, 15) is 4.79 Å². The molecule has 0 fully saturated rings. The average Bonchev–Trinajstić information content (AvgIpc) is 2.89. The van der Waals surface area contributed by atoms with Gasteiger partial charge in [-0.3, -0.25) is 4.79 Å². The van der Waals surface area contributed by atoms with Crippen molar-refractivity contribution in [3.8, 4) is 11.1 Å².